The number of hydrogen-bond donors (Lipinski definition) is 2. The van der Waals surface area contributed by atoms with Crippen LogP contribution in [0.3, 0.4) is 0 Å². The van der Waals surface area contributed by atoms with Crippen molar-refractivity contribution in [2.45, 2.75) is 37.8 Å². The average Bonchev–Trinajstić information content (AvgIpc) is 2.40. The Morgan fingerprint density at radius 3 is 2.72 bits per heavy atom. The van der Waals surface area contributed by atoms with Crippen molar-refractivity contribution in [1.82, 2.24) is 4.98 Å². The van der Waals surface area contributed by atoms with Gasteiger partial charge in [0, 0.05) is 13.2 Å². The van der Waals surface area contributed by atoms with Crippen molar-refractivity contribution in [2.75, 3.05) is 12.4 Å². The number of ether oxygens (including phenoxy) is 1. The van der Waals surface area contributed by atoms with Gasteiger partial charge in [-0.05, 0) is 37.8 Å². The summed E-state index contributed by atoms with van der Waals surface area (Å²) in [5.41, 5.74) is 0.0746. The minimum absolute atomic E-state index is 0.0746. The summed E-state index contributed by atoms with van der Waals surface area (Å²) in [6.45, 7) is 0. The van der Waals surface area contributed by atoms with Crippen LogP contribution < -0.4 is 5.32 Å². The summed E-state index contributed by atoms with van der Waals surface area (Å²) in [7, 11) is 1.75. The van der Waals surface area contributed by atoms with Gasteiger partial charge in [0.15, 0.2) is 5.69 Å². The number of hydrogen-bond acceptors (Lipinski definition) is 4. The molecule has 0 unspecified atom stereocenters. The number of carbonyl (C=O) groups is 1. The maximum absolute atomic E-state index is 10.8. The van der Waals surface area contributed by atoms with Crippen LogP contribution in [-0.2, 0) is 4.74 Å². The van der Waals surface area contributed by atoms with Crippen LogP contribution in [0.2, 0.25) is 0 Å². The number of carboxylic acids is 1. The second-order valence-corrected chi connectivity index (χ2v) is 4.57. The Hall–Kier alpha value is -1.62. The molecular formula is C13H18N2O3. The van der Waals surface area contributed by atoms with Gasteiger partial charge in [0.2, 0.25) is 0 Å². The molecule has 0 radical (unpaired) electrons. The molecular weight excluding hydrogens is 232 g/mol. The highest BCUT2D eigenvalue weighted by molar-refractivity contribution is 5.85. The number of methoxy groups -OCH3 is 1. The van der Waals surface area contributed by atoms with E-state index in [1.54, 1.807) is 19.2 Å². The Labute approximate surface area is 106 Å². The lowest BCUT2D eigenvalue weighted by Gasteiger charge is -2.28. The van der Waals surface area contributed by atoms with Crippen LogP contribution in [0.15, 0.2) is 18.2 Å². The van der Waals surface area contributed by atoms with Crippen LogP contribution in [0.25, 0.3) is 0 Å². The predicted octanol–water partition coefficient (Wildman–Crippen LogP) is 2.15. The lowest BCUT2D eigenvalue weighted by molar-refractivity contribution is 0.0681. The third-order valence-corrected chi connectivity index (χ3v) is 3.33. The van der Waals surface area contributed by atoms with Crippen LogP contribution in [-0.4, -0.2) is 35.3 Å². The molecule has 1 saturated carbocycles. The largest absolute Gasteiger partial charge is 0.477 e. The first-order valence-corrected chi connectivity index (χ1v) is 6.18. The summed E-state index contributed by atoms with van der Waals surface area (Å²) >= 11 is 0. The zero-order valence-electron chi connectivity index (χ0n) is 10.4. The summed E-state index contributed by atoms with van der Waals surface area (Å²) < 4.78 is 5.32. The van der Waals surface area contributed by atoms with Crippen molar-refractivity contribution < 1.29 is 14.6 Å². The smallest absolute Gasteiger partial charge is 0.354 e. The number of nitrogens with one attached hydrogen (secondary N) is 1. The van der Waals surface area contributed by atoms with Gasteiger partial charge in [0.1, 0.15) is 5.82 Å². The molecule has 5 nitrogen and oxygen atoms in total. The van der Waals surface area contributed by atoms with Gasteiger partial charge in [-0.25, -0.2) is 9.78 Å². The standard InChI is InChI=1S/C13H18N2O3/c1-18-10-7-5-9(6-8-10)14-12-4-2-3-11(15-12)13(16)17/h2-4,9-10H,5-8H2,1H3,(H,14,15)(H,16,17). The number of aromatic nitrogens is 1. The third-order valence-electron chi connectivity index (χ3n) is 3.33. The van der Waals surface area contributed by atoms with Gasteiger partial charge in [-0.15, -0.1) is 0 Å². The van der Waals surface area contributed by atoms with E-state index in [2.05, 4.69) is 10.3 Å². The maximum atomic E-state index is 10.8. The van der Waals surface area contributed by atoms with E-state index < -0.39 is 5.97 Å². The lowest BCUT2D eigenvalue weighted by Crippen LogP contribution is -2.29. The molecule has 0 aromatic carbocycles. The first-order chi connectivity index (χ1) is 8.69. The summed E-state index contributed by atoms with van der Waals surface area (Å²) in [5.74, 6) is -0.363. The zero-order chi connectivity index (χ0) is 13.0. The van der Waals surface area contributed by atoms with Gasteiger partial charge in [-0.3, -0.25) is 0 Å². The number of rotatable bonds is 4. The van der Waals surface area contributed by atoms with E-state index in [1.807, 2.05) is 0 Å². The zero-order valence-corrected chi connectivity index (χ0v) is 10.4. The molecule has 0 bridgehead atoms. The molecule has 0 aliphatic heterocycles. The molecule has 2 rings (SSSR count). The van der Waals surface area contributed by atoms with Gasteiger partial charge in [-0.1, -0.05) is 6.07 Å². The molecule has 0 saturated heterocycles. The number of carboxylic acid groups (broad SMARTS) is 1. The molecule has 1 aromatic rings. The number of aromatic carboxylic acids is 1. The summed E-state index contributed by atoms with van der Waals surface area (Å²) in [6, 6.07) is 5.36. The lowest BCUT2D eigenvalue weighted by atomic mass is 9.93. The van der Waals surface area contributed by atoms with Gasteiger partial charge < -0.3 is 15.2 Å². The topological polar surface area (TPSA) is 71.5 Å². The predicted molar refractivity (Wildman–Crippen MR) is 67.9 cm³/mol. The van der Waals surface area contributed by atoms with Crippen LogP contribution in [0.4, 0.5) is 5.82 Å². The molecule has 5 heteroatoms. The Morgan fingerprint density at radius 2 is 2.11 bits per heavy atom. The van der Waals surface area contributed by atoms with Crippen LogP contribution >= 0.6 is 0 Å². The molecule has 1 aliphatic rings. The first kappa shape index (κ1) is 12.8. The van der Waals surface area contributed by atoms with Gasteiger partial charge in [-0.2, -0.15) is 0 Å². The Kier molecular flexibility index (Phi) is 4.15. The highest BCUT2D eigenvalue weighted by atomic mass is 16.5. The second-order valence-electron chi connectivity index (χ2n) is 4.57. The fourth-order valence-electron chi connectivity index (χ4n) is 2.29. The van der Waals surface area contributed by atoms with Crippen molar-refractivity contribution >= 4 is 11.8 Å². The van der Waals surface area contributed by atoms with E-state index in [0.29, 0.717) is 18.0 Å². The fourth-order valence-corrected chi connectivity index (χ4v) is 2.29. The number of nitrogens with zero attached hydrogens (tertiary/aromatic N) is 1. The molecule has 0 spiro atoms. The van der Waals surface area contributed by atoms with Gasteiger partial charge in [0.05, 0.1) is 6.10 Å². The minimum atomic E-state index is -0.998. The number of anilines is 1. The average molecular weight is 250 g/mol. The van der Waals surface area contributed by atoms with Crippen molar-refractivity contribution in [1.29, 1.82) is 0 Å². The van der Waals surface area contributed by atoms with E-state index in [1.165, 1.54) is 6.07 Å². The van der Waals surface area contributed by atoms with Gasteiger partial charge in [0.25, 0.3) is 0 Å². The molecule has 0 amide bonds. The third kappa shape index (κ3) is 3.20. The van der Waals surface area contributed by atoms with Crippen molar-refractivity contribution in [2.24, 2.45) is 0 Å². The monoisotopic (exact) mass is 250 g/mol. The normalized spacial score (nSPS) is 23.6. The SMILES string of the molecule is COC1CCC(Nc2cccc(C(=O)O)n2)CC1. The maximum Gasteiger partial charge on any atom is 0.354 e. The Bertz CT molecular complexity index is 414. The molecule has 18 heavy (non-hydrogen) atoms. The first-order valence-electron chi connectivity index (χ1n) is 6.18. The molecule has 2 N–H and O–H groups in total. The summed E-state index contributed by atoms with van der Waals surface area (Å²) in [5, 5.41) is 12.2. The number of pyridine rings is 1. The van der Waals surface area contributed by atoms with E-state index >= 15 is 0 Å². The molecule has 0 atom stereocenters. The van der Waals surface area contributed by atoms with Crippen LogP contribution in [0, 0.1) is 0 Å². The quantitative estimate of drug-likeness (QED) is 0.856. The van der Waals surface area contributed by atoms with E-state index in [0.717, 1.165) is 25.7 Å². The molecule has 1 fully saturated rings. The van der Waals surface area contributed by atoms with Crippen molar-refractivity contribution in [3.05, 3.63) is 23.9 Å². The molecule has 1 heterocycles. The van der Waals surface area contributed by atoms with Gasteiger partial charge >= 0.3 is 5.97 Å². The van der Waals surface area contributed by atoms with E-state index in [9.17, 15) is 4.79 Å². The highest BCUT2D eigenvalue weighted by Crippen LogP contribution is 2.23. The second kappa shape index (κ2) is 5.82. The van der Waals surface area contributed by atoms with E-state index in [-0.39, 0.29) is 5.69 Å². The van der Waals surface area contributed by atoms with E-state index in [4.69, 9.17) is 9.84 Å². The van der Waals surface area contributed by atoms with Crippen LogP contribution in [0.5, 0.6) is 0 Å². The minimum Gasteiger partial charge on any atom is -0.477 e. The highest BCUT2D eigenvalue weighted by Gasteiger charge is 2.21. The summed E-state index contributed by atoms with van der Waals surface area (Å²) in [6.07, 6.45) is 4.48. The Balaban J connectivity index is 1.94. The van der Waals surface area contributed by atoms with Crippen LogP contribution in [0.1, 0.15) is 36.2 Å². The van der Waals surface area contributed by atoms with Crippen molar-refractivity contribution in [3.63, 3.8) is 0 Å². The molecule has 1 aliphatic carbocycles. The van der Waals surface area contributed by atoms with Crippen molar-refractivity contribution in [3.8, 4) is 0 Å². The molecule has 98 valence electrons. The summed E-state index contributed by atoms with van der Waals surface area (Å²) in [4.78, 5) is 14.9. The fraction of sp³-hybridized carbons (Fsp3) is 0.538. The Morgan fingerprint density at radius 1 is 1.39 bits per heavy atom. The molecule has 1 aromatic heterocycles.